The molecule has 0 unspecified atom stereocenters. The molecule has 2 aromatic heterocycles. The van der Waals surface area contributed by atoms with Gasteiger partial charge in [-0.1, -0.05) is 42.5 Å². The van der Waals surface area contributed by atoms with E-state index >= 15 is 0 Å². The molecule has 170 valence electrons. The van der Waals surface area contributed by atoms with Crippen LogP contribution in [-0.4, -0.2) is 27.3 Å². The van der Waals surface area contributed by atoms with Crippen LogP contribution in [0.25, 0.3) is 16.4 Å². The molecule has 0 saturated heterocycles. The number of nitrogens with zero attached hydrogens (tertiary/aromatic N) is 3. The molecule has 0 aliphatic carbocycles. The van der Waals surface area contributed by atoms with Crippen LogP contribution in [0.3, 0.4) is 0 Å². The highest BCUT2D eigenvalue weighted by Gasteiger charge is 2.41. The Morgan fingerprint density at radius 1 is 1.09 bits per heavy atom. The van der Waals surface area contributed by atoms with E-state index in [1.165, 1.54) is 6.92 Å². The Bertz CT molecular complexity index is 1250. The number of carbonyl (C=O) groups is 1. The van der Waals surface area contributed by atoms with Crippen LogP contribution in [0, 0.1) is 0 Å². The van der Waals surface area contributed by atoms with Crippen LogP contribution in [0.1, 0.15) is 28.5 Å². The van der Waals surface area contributed by atoms with Crippen molar-refractivity contribution in [3.63, 3.8) is 0 Å². The Kier molecular flexibility index (Phi) is 6.45. The summed E-state index contributed by atoms with van der Waals surface area (Å²) < 4.78 is 52.6. The summed E-state index contributed by atoms with van der Waals surface area (Å²) in [5.41, 5.74) is 0.148. The standard InChI is InChI=1S/C23H18F3N3O3S/c1-2-31-21(30)17-12-27-29(20(17)23(24,25)26)22-28-18(14-33-22)16-10-6-7-11-19(16)32-13-15-8-4-3-5-9-15/h3-12,14H,2,13H2,1H3. The van der Waals surface area contributed by atoms with Gasteiger partial charge >= 0.3 is 12.1 Å². The summed E-state index contributed by atoms with van der Waals surface area (Å²) in [4.78, 5) is 16.4. The van der Waals surface area contributed by atoms with Crippen LogP contribution in [0.5, 0.6) is 5.75 Å². The maximum absolute atomic E-state index is 13.8. The van der Waals surface area contributed by atoms with Gasteiger partial charge in [-0.3, -0.25) is 0 Å². The lowest BCUT2D eigenvalue weighted by Gasteiger charge is -2.11. The molecule has 0 N–H and O–H groups in total. The molecule has 0 radical (unpaired) electrons. The molecule has 2 heterocycles. The number of ether oxygens (including phenoxy) is 2. The molecule has 0 spiro atoms. The first-order valence-electron chi connectivity index (χ1n) is 9.93. The molecule has 0 fully saturated rings. The molecule has 4 rings (SSSR count). The number of hydrogen-bond acceptors (Lipinski definition) is 6. The number of hydrogen-bond donors (Lipinski definition) is 0. The van der Waals surface area contributed by atoms with Gasteiger partial charge in [0, 0.05) is 10.9 Å². The fraction of sp³-hybridized carbons (Fsp3) is 0.174. The van der Waals surface area contributed by atoms with E-state index in [1.54, 1.807) is 29.6 Å². The summed E-state index contributed by atoms with van der Waals surface area (Å²) in [7, 11) is 0. The molecule has 0 saturated carbocycles. The number of thiazole rings is 1. The van der Waals surface area contributed by atoms with Crippen molar-refractivity contribution in [2.75, 3.05) is 6.61 Å². The van der Waals surface area contributed by atoms with Gasteiger partial charge < -0.3 is 9.47 Å². The first-order valence-corrected chi connectivity index (χ1v) is 10.8. The molecule has 0 atom stereocenters. The van der Waals surface area contributed by atoms with E-state index in [2.05, 4.69) is 10.1 Å². The summed E-state index contributed by atoms with van der Waals surface area (Å²) in [6.07, 6.45) is -3.99. The monoisotopic (exact) mass is 473 g/mol. The first kappa shape index (κ1) is 22.5. The van der Waals surface area contributed by atoms with Crippen molar-refractivity contribution >= 4 is 17.3 Å². The van der Waals surface area contributed by atoms with E-state index < -0.39 is 23.4 Å². The molecule has 2 aromatic carbocycles. The minimum atomic E-state index is -4.83. The van der Waals surface area contributed by atoms with Crippen molar-refractivity contribution in [3.05, 3.63) is 83.0 Å². The molecule has 10 heteroatoms. The lowest BCUT2D eigenvalue weighted by molar-refractivity contribution is -0.143. The quantitative estimate of drug-likeness (QED) is 0.319. The van der Waals surface area contributed by atoms with Crippen LogP contribution >= 0.6 is 11.3 Å². The SMILES string of the molecule is CCOC(=O)c1cnn(-c2nc(-c3ccccc3OCc3ccccc3)cs2)c1C(F)(F)F. The minimum absolute atomic E-state index is 0.0364. The third kappa shape index (κ3) is 4.90. The Morgan fingerprint density at radius 2 is 1.82 bits per heavy atom. The molecule has 0 bridgehead atoms. The molecular formula is C23H18F3N3O3S. The van der Waals surface area contributed by atoms with Crippen molar-refractivity contribution in [2.45, 2.75) is 19.7 Å². The molecule has 0 aliphatic rings. The maximum Gasteiger partial charge on any atom is 0.434 e. The Labute approximate surface area is 191 Å². The molecule has 33 heavy (non-hydrogen) atoms. The van der Waals surface area contributed by atoms with E-state index in [9.17, 15) is 18.0 Å². The van der Waals surface area contributed by atoms with Crippen molar-refractivity contribution < 1.29 is 27.4 Å². The second-order valence-electron chi connectivity index (χ2n) is 6.82. The van der Waals surface area contributed by atoms with Gasteiger partial charge in [0.2, 0.25) is 5.13 Å². The van der Waals surface area contributed by atoms with Gasteiger partial charge in [-0.25, -0.2) is 14.5 Å². The maximum atomic E-state index is 13.8. The minimum Gasteiger partial charge on any atom is -0.488 e. The fourth-order valence-corrected chi connectivity index (χ4v) is 3.94. The number of benzene rings is 2. The number of halogens is 3. The number of rotatable bonds is 7. The van der Waals surface area contributed by atoms with Crippen molar-refractivity contribution in [1.29, 1.82) is 0 Å². The van der Waals surface area contributed by atoms with Gasteiger partial charge in [-0.15, -0.1) is 11.3 Å². The van der Waals surface area contributed by atoms with Gasteiger partial charge in [0.25, 0.3) is 0 Å². The second-order valence-corrected chi connectivity index (χ2v) is 7.66. The zero-order chi connectivity index (χ0) is 23.4. The zero-order valence-corrected chi connectivity index (χ0v) is 18.2. The predicted octanol–water partition coefficient (Wildman–Crippen LogP) is 5.77. The Morgan fingerprint density at radius 3 is 2.55 bits per heavy atom. The van der Waals surface area contributed by atoms with E-state index in [0.29, 0.717) is 28.3 Å². The van der Waals surface area contributed by atoms with E-state index in [-0.39, 0.29) is 11.7 Å². The average molecular weight is 473 g/mol. The third-order valence-electron chi connectivity index (χ3n) is 4.61. The zero-order valence-electron chi connectivity index (χ0n) is 17.4. The van der Waals surface area contributed by atoms with Crippen molar-refractivity contribution in [2.24, 2.45) is 0 Å². The van der Waals surface area contributed by atoms with Gasteiger partial charge in [0.15, 0.2) is 5.69 Å². The van der Waals surface area contributed by atoms with Crippen molar-refractivity contribution in [3.8, 4) is 22.1 Å². The lowest BCUT2D eigenvalue weighted by Crippen LogP contribution is -2.18. The van der Waals surface area contributed by atoms with Crippen LogP contribution in [0.4, 0.5) is 13.2 Å². The fourth-order valence-electron chi connectivity index (χ4n) is 3.15. The van der Waals surface area contributed by atoms with Crippen LogP contribution < -0.4 is 4.74 Å². The second kappa shape index (κ2) is 9.45. The summed E-state index contributed by atoms with van der Waals surface area (Å²) >= 11 is 0.971. The molecule has 6 nitrogen and oxygen atoms in total. The van der Waals surface area contributed by atoms with Crippen molar-refractivity contribution in [1.82, 2.24) is 14.8 Å². The third-order valence-corrected chi connectivity index (χ3v) is 5.42. The van der Waals surface area contributed by atoms with Gasteiger partial charge in [-0.2, -0.15) is 18.3 Å². The average Bonchev–Trinajstić information content (AvgIpc) is 3.46. The number of esters is 1. The smallest absolute Gasteiger partial charge is 0.434 e. The molecular weight excluding hydrogens is 455 g/mol. The topological polar surface area (TPSA) is 66.2 Å². The number of aromatic nitrogens is 3. The molecule has 0 aliphatic heterocycles. The Hall–Kier alpha value is -3.66. The van der Waals surface area contributed by atoms with E-state index in [0.717, 1.165) is 23.1 Å². The largest absolute Gasteiger partial charge is 0.488 e. The summed E-state index contributed by atoms with van der Waals surface area (Å²) in [5.74, 6) is -0.547. The molecule has 4 aromatic rings. The predicted molar refractivity (Wildman–Crippen MR) is 116 cm³/mol. The van der Waals surface area contributed by atoms with Gasteiger partial charge in [0.05, 0.1) is 18.5 Å². The van der Waals surface area contributed by atoms with E-state index in [1.807, 2.05) is 30.3 Å². The lowest BCUT2D eigenvalue weighted by atomic mass is 10.1. The van der Waals surface area contributed by atoms with Crippen LogP contribution in [0.15, 0.2) is 66.2 Å². The van der Waals surface area contributed by atoms with Gasteiger partial charge in [-0.05, 0) is 24.6 Å². The first-order chi connectivity index (χ1) is 15.9. The van der Waals surface area contributed by atoms with E-state index in [4.69, 9.17) is 9.47 Å². The van der Waals surface area contributed by atoms with Gasteiger partial charge in [0.1, 0.15) is 17.9 Å². The Balaban J connectivity index is 1.67. The normalized spacial score (nSPS) is 11.4. The summed E-state index contributed by atoms with van der Waals surface area (Å²) in [5, 5.41) is 5.35. The summed E-state index contributed by atoms with van der Waals surface area (Å²) in [6, 6.07) is 16.7. The van der Waals surface area contributed by atoms with Crippen LogP contribution in [0.2, 0.25) is 0 Å². The highest BCUT2D eigenvalue weighted by Crippen LogP contribution is 2.37. The van der Waals surface area contributed by atoms with Crippen LogP contribution in [-0.2, 0) is 17.5 Å². The summed E-state index contributed by atoms with van der Waals surface area (Å²) in [6.45, 7) is 1.79. The highest BCUT2D eigenvalue weighted by molar-refractivity contribution is 7.12. The number of para-hydroxylation sites is 1. The number of alkyl halides is 3. The highest BCUT2D eigenvalue weighted by atomic mass is 32.1. The number of carbonyl (C=O) groups excluding carboxylic acids is 1. The molecule has 0 amide bonds.